The van der Waals surface area contributed by atoms with Crippen LogP contribution >= 0.6 is 11.3 Å². The molecule has 0 unspecified atom stereocenters. The predicted octanol–water partition coefficient (Wildman–Crippen LogP) is 3.43. The lowest BCUT2D eigenvalue weighted by Gasteiger charge is -2.01. The summed E-state index contributed by atoms with van der Waals surface area (Å²) in [5.41, 5.74) is 1.86. The van der Waals surface area contributed by atoms with Gasteiger partial charge in [0.05, 0.1) is 11.3 Å². The first-order chi connectivity index (χ1) is 13.5. The summed E-state index contributed by atoms with van der Waals surface area (Å²) in [6.45, 7) is 0. The standard InChI is InChI=1S/C20H13FN2O3S2/c21-14-7-5-12(6-8-14)9-18(28(25)26)20-23-17(11-27-20)15-10-13-3-1-2-4-16(13)22-19(15)24/h1-8,10-11H,9H2,(H,22,24). The van der Waals surface area contributed by atoms with Crippen molar-refractivity contribution in [3.05, 3.63) is 86.7 Å². The molecule has 5 nitrogen and oxygen atoms in total. The molecule has 0 aliphatic carbocycles. The number of para-hydroxylation sites is 1. The number of fused-ring (bicyclic) bond motifs is 1. The number of aromatic nitrogens is 2. The van der Waals surface area contributed by atoms with Crippen molar-refractivity contribution in [2.45, 2.75) is 6.42 Å². The number of halogens is 1. The van der Waals surface area contributed by atoms with E-state index in [1.165, 1.54) is 24.3 Å². The second kappa shape index (κ2) is 7.49. The van der Waals surface area contributed by atoms with Crippen molar-refractivity contribution in [2.24, 2.45) is 0 Å². The Balaban J connectivity index is 1.73. The first-order valence-corrected chi connectivity index (χ1v) is 10.2. The monoisotopic (exact) mass is 412 g/mol. The number of H-pyrrole nitrogens is 1. The van der Waals surface area contributed by atoms with E-state index in [1.54, 1.807) is 11.4 Å². The lowest BCUT2D eigenvalue weighted by molar-refractivity contribution is 0.627. The molecule has 0 aliphatic rings. The van der Waals surface area contributed by atoms with Gasteiger partial charge in [-0.3, -0.25) is 4.79 Å². The first kappa shape index (κ1) is 18.3. The normalized spacial score (nSPS) is 10.9. The minimum Gasteiger partial charge on any atom is -0.321 e. The van der Waals surface area contributed by atoms with E-state index >= 15 is 0 Å². The maximum atomic E-state index is 13.1. The summed E-state index contributed by atoms with van der Waals surface area (Å²) in [6.07, 6.45) is 0.0947. The van der Waals surface area contributed by atoms with Crippen LogP contribution in [0.3, 0.4) is 0 Å². The van der Waals surface area contributed by atoms with Crippen LogP contribution in [0.5, 0.6) is 0 Å². The number of hydrogen-bond donors (Lipinski definition) is 1. The molecule has 1 N–H and O–H groups in total. The Morgan fingerprint density at radius 3 is 2.61 bits per heavy atom. The summed E-state index contributed by atoms with van der Waals surface area (Å²) in [4.78, 5) is 19.7. The Bertz CT molecular complexity index is 1360. The van der Waals surface area contributed by atoms with Crippen LogP contribution in [0, 0.1) is 5.82 Å². The van der Waals surface area contributed by atoms with Crippen molar-refractivity contribution < 1.29 is 12.8 Å². The number of nitrogens with zero attached hydrogens (tertiary/aromatic N) is 1. The zero-order valence-electron chi connectivity index (χ0n) is 14.3. The maximum absolute atomic E-state index is 13.1. The van der Waals surface area contributed by atoms with Crippen LogP contribution in [-0.4, -0.2) is 23.3 Å². The molecule has 0 amide bonds. The number of hydrogen-bond acceptors (Lipinski definition) is 5. The molecule has 0 saturated carbocycles. The van der Waals surface area contributed by atoms with Gasteiger partial charge < -0.3 is 4.98 Å². The quantitative estimate of drug-likeness (QED) is 0.411. The van der Waals surface area contributed by atoms with Crippen molar-refractivity contribution in [1.29, 1.82) is 0 Å². The van der Waals surface area contributed by atoms with Crippen molar-refractivity contribution in [3.63, 3.8) is 0 Å². The van der Waals surface area contributed by atoms with E-state index in [-0.39, 0.29) is 22.7 Å². The van der Waals surface area contributed by atoms with E-state index in [2.05, 4.69) is 9.97 Å². The molecule has 4 aromatic rings. The van der Waals surface area contributed by atoms with E-state index in [1.807, 2.05) is 24.3 Å². The van der Waals surface area contributed by atoms with Crippen molar-refractivity contribution >= 4 is 37.4 Å². The lowest BCUT2D eigenvalue weighted by Crippen LogP contribution is -2.10. The van der Waals surface area contributed by atoms with E-state index < -0.39 is 10.3 Å². The molecule has 2 aromatic carbocycles. The van der Waals surface area contributed by atoms with Crippen LogP contribution in [0.1, 0.15) is 10.6 Å². The zero-order chi connectivity index (χ0) is 19.7. The third-order valence-electron chi connectivity index (χ3n) is 4.25. The van der Waals surface area contributed by atoms with Gasteiger partial charge in [0.1, 0.15) is 15.7 Å². The molecule has 0 saturated heterocycles. The van der Waals surface area contributed by atoms with Crippen LogP contribution in [0.25, 0.3) is 22.2 Å². The van der Waals surface area contributed by atoms with Crippen LogP contribution in [-0.2, 0) is 16.7 Å². The van der Waals surface area contributed by atoms with E-state index in [9.17, 15) is 17.6 Å². The van der Waals surface area contributed by atoms with Crippen LogP contribution in [0.2, 0.25) is 0 Å². The summed E-state index contributed by atoms with van der Waals surface area (Å²) in [5, 5.41) is 2.82. The van der Waals surface area contributed by atoms with Gasteiger partial charge in [-0.15, -0.1) is 11.3 Å². The Hall–Kier alpha value is -3.10. The van der Waals surface area contributed by atoms with Gasteiger partial charge in [0.2, 0.25) is 10.3 Å². The molecule has 0 bridgehead atoms. The number of benzene rings is 2. The molecule has 8 heteroatoms. The minimum atomic E-state index is -2.50. The maximum Gasteiger partial charge on any atom is 0.257 e. The van der Waals surface area contributed by atoms with Gasteiger partial charge in [-0.1, -0.05) is 30.3 Å². The van der Waals surface area contributed by atoms with Gasteiger partial charge in [0.25, 0.3) is 5.56 Å². The molecule has 4 rings (SSSR count). The Kier molecular flexibility index (Phi) is 4.89. The summed E-state index contributed by atoms with van der Waals surface area (Å²) in [5.74, 6) is -0.388. The van der Waals surface area contributed by atoms with Gasteiger partial charge >= 0.3 is 0 Å². The van der Waals surface area contributed by atoms with E-state index in [0.717, 1.165) is 22.2 Å². The first-order valence-electron chi connectivity index (χ1n) is 8.29. The number of nitrogens with one attached hydrogen (secondary N) is 1. The third kappa shape index (κ3) is 3.64. The lowest BCUT2D eigenvalue weighted by atomic mass is 10.1. The molecule has 140 valence electrons. The zero-order valence-corrected chi connectivity index (χ0v) is 16.0. The highest BCUT2D eigenvalue weighted by atomic mass is 32.2. The number of pyridine rings is 1. The summed E-state index contributed by atoms with van der Waals surface area (Å²) in [6, 6.07) is 14.7. The molecule has 0 atom stereocenters. The average molecular weight is 412 g/mol. The topological polar surface area (TPSA) is 79.9 Å². The third-order valence-corrected chi connectivity index (χ3v) is 6.02. The fourth-order valence-corrected chi connectivity index (χ4v) is 4.44. The summed E-state index contributed by atoms with van der Waals surface area (Å²) >= 11 is 1.15. The van der Waals surface area contributed by atoms with Crippen molar-refractivity contribution in [2.75, 3.05) is 0 Å². The van der Waals surface area contributed by atoms with Gasteiger partial charge in [-0.05, 0) is 35.2 Å². The van der Waals surface area contributed by atoms with Gasteiger partial charge in [0, 0.05) is 17.3 Å². The molecular weight excluding hydrogens is 399 g/mol. The van der Waals surface area contributed by atoms with E-state index in [0.29, 0.717) is 21.8 Å². The Morgan fingerprint density at radius 1 is 1.11 bits per heavy atom. The highest BCUT2D eigenvalue weighted by Crippen LogP contribution is 2.23. The van der Waals surface area contributed by atoms with Crippen LogP contribution in [0.15, 0.2) is 64.8 Å². The predicted molar refractivity (Wildman–Crippen MR) is 109 cm³/mol. The molecule has 2 aromatic heterocycles. The molecule has 0 aliphatic heterocycles. The largest absolute Gasteiger partial charge is 0.321 e. The molecule has 0 fully saturated rings. The van der Waals surface area contributed by atoms with Crippen LogP contribution < -0.4 is 5.56 Å². The van der Waals surface area contributed by atoms with Gasteiger partial charge in [-0.25, -0.2) is 9.37 Å². The Morgan fingerprint density at radius 2 is 1.86 bits per heavy atom. The Labute approximate surface area is 164 Å². The minimum absolute atomic E-state index is 0.0947. The van der Waals surface area contributed by atoms with E-state index in [4.69, 9.17) is 0 Å². The van der Waals surface area contributed by atoms with Crippen molar-refractivity contribution in [3.8, 4) is 11.3 Å². The summed E-state index contributed by atoms with van der Waals surface area (Å²) in [7, 11) is -2.50. The SMILES string of the molecule is O=c1[nH]c2ccccc2cc1-c1csc(C(Cc2ccc(F)cc2)=S(=O)=O)n1. The van der Waals surface area contributed by atoms with Gasteiger partial charge in [-0.2, -0.15) is 8.42 Å². The number of aromatic amines is 1. The number of rotatable bonds is 4. The smallest absolute Gasteiger partial charge is 0.257 e. The fraction of sp³-hybridized carbons (Fsp3) is 0.0500. The molecule has 0 spiro atoms. The second-order valence-electron chi connectivity index (χ2n) is 6.10. The fourth-order valence-electron chi connectivity index (χ4n) is 2.86. The molecular formula is C20H13FN2O3S2. The molecule has 2 heterocycles. The summed E-state index contributed by atoms with van der Waals surface area (Å²) < 4.78 is 36.6. The molecule has 0 radical (unpaired) electrons. The highest BCUT2D eigenvalue weighted by Gasteiger charge is 2.15. The van der Waals surface area contributed by atoms with Gasteiger partial charge in [0.15, 0.2) is 0 Å². The molecule has 28 heavy (non-hydrogen) atoms. The number of thiazole rings is 1. The highest BCUT2D eigenvalue weighted by molar-refractivity contribution is 7.73. The van der Waals surface area contributed by atoms with Crippen LogP contribution in [0.4, 0.5) is 4.39 Å². The average Bonchev–Trinajstić information content (AvgIpc) is 3.16. The van der Waals surface area contributed by atoms with Crippen molar-refractivity contribution in [1.82, 2.24) is 9.97 Å². The second-order valence-corrected chi connectivity index (χ2v) is 7.92.